The first-order valence-corrected chi connectivity index (χ1v) is 5.30. The molecule has 15 heavy (non-hydrogen) atoms. The minimum Gasteiger partial charge on any atom is -0.258 e. The summed E-state index contributed by atoms with van der Waals surface area (Å²) in [6.45, 7) is 5.71. The van der Waals surface area contributed by atoms with Crippen molar-refractivity contribution in [2.24, 2.45) is 5.92 Å². The lowest BCUT2D eigenvalue weighted by Gasteiger charge is -2.25. The average molecular weight is 212 g/mol. The number of alkyl halides is 2. The van der Waals surface area contributed by atoms with Gasteiger partial charge in [0.15, 0.2) is 0 Å². The Kier molecular flexibility index (Phi) is 1.40. The Balaban J connectivity index is 2.20. The maximum Gasteiger partial charge on any atom is 0.293 e. The van der Waals surface area contributed by atoms with Crippen molar-refractivity contribution in [1.82, 2.24) is 9.78 Å². The third kappa shape index (κ3) is 0.998. The summed E-state index contributed by atoms with van der Waals surface area (Å²) in [4.78, 5) is 0. The number of halogens is 2. The number of nitrogens with zero attached hydrogens (tertiary/aromatic N) is 2. The van der Waals surface area contributed by atoms with Gasteiger partial charge in [-0.1, -0.05) is 0 Å². The summed E-state index contributed by atoms with van der Waals surface area (Å²) < 4.78 is 29.4. The van der Waals surface area contributed by atoms with Crippen LogP contribution in [0.15, 0.2) is 6.20 Å². The van der Waals surface area contributed by atoms with Gasteiger partial charge in [0.05, 0.1) is 11.7 Å². The lowest BCUT2D eigenvalue weighted by atomic mass is 10.1. The summed E-state index contributed by atoms with van der Waals surface area (Å²) in [7, 11) is 0. The van der Waals surface area contributed by atoms with Gasteiger partial charge in [-0.3, -0.25) is 4.68 Å². The molecular formula is C11H14F2N2. The van der Waals surface area contributed by atoms with Gasteiger partial charge in [-0.2, -0.15) is 13.9 Å². The predicted octanol–water partition coefficient (Wildman–Crippen LogP) is 2.85. The van der Waals surface area contributed by atoms with Crippen molar-refractivity contribution in [3.8, 4) is 0 Å². The van der Waals surface area contributed by atoms with Gasteiger partial charge in [0, 0.05) is 11.5 Å². The van der Waals surface area contributed by atoms with Crippen LogP contribution in [0.25, 0.3) is 0 Å². The van der Waals surface area contributed by atoms with Crippen molar-refractivity contribution >= 4 is 0 Å². The standard InChI is InChI=1S/C11H14F2N2/c1-10(2,3)15-9-7(5-14-15)6-4-8(6)11(9,12)13/h5-6,8H,4H2,1-3H3/t6-,8-/m1/s1. The molecular weight excluding hydrogens is 198 g/mol. The molecule has 82 valence electrons. The molecule has 0 aromatic carbocycles. The molecule has 0 spiro atoms. The van der Waals surface area contributed by atoms with Crippen molar-refractivity contribution < 1.29 is 8.78 Å². The van der Waals surface area contributed by atoms with E-state index in [2.05, 4.69) is 5.10 Å². The SMILES string of the molecule is CC(C)(C)n1ncc2c1C(F)(F)[C@@H]1C[C@H]21. The predicted molar refractivity (Wildman–Crippen MR) is 52.0 cm³/mol. The van der Waals surface area contributed by atoms with Crippen LogP contribution in [0.3, 0.4) is 0 Å². The number of fused-ring (bicyclic) bond motifs is 3. The largest absolute Gasteiger partial charge is 0.293 e. The topological polar surface area (TPSA) is 17.8 Å². The highest BCUT2D eigenvalue weighted by atomic mass is 19.3. The highest BCUT2D eigenvalue weighted by molar-refractivity contribution is 5.41. The van der Waals surface area contributed by atoms with Crippen LogP contribution < -0.4 is 0 Å². The fourth-order valence-corrected chi connectivity index (χ4v) is 2.59. The summed E-state index contributed by atoms with van der Waals surface area (Å²) in [5, 5.41) is 4.12. The van der Waals surface area contributed by atoms with Crippen LogP contribution >= 0.6 is 0 Å². The van der Waals surface area contributed by atoms with E-state index in [1.54, 1.807) is 6.20 Å². The lowest BCUT2D eigenvalue weighted by molar-refractivity contribution is -0.0342. The minimum absolute atomic E-state index is 0.0751. The van der Waals surface area contributed by atoms with Crippen molar-refractivity contribution in [2.75, 3.05) is 0 Å². The van der Waals surface area contributed by atoms with Crippen LogP contribution in [0.4, 0.5) is 8.78 Å². The molecule has 0 amide bonds. The number of hydrogen-bond donors (Lipinski definition) is 0. The zero-order valence-corrected chi connectivity index (χ0v) is 9.09. The molecule has 2 atom stereocenters. The van der Waals surface area contributed by atoms with Gasteiger partial charge < -0.3 is 0 Å². The Morgan fingerprint density at radius 2 is 2.13 bits per heavy atom. The first-order valence-electron chi connectivity index (χ1n) is 5.30. The molecule has 2 aliphatic rings. The Labute approximate surface area is 87.3 Å². The third-order valence-corrected chi connectivity index (χ3v) is 3.40. The van der Waals surface area contributed by atoms with E-state index in [1.807, 2.05) is 20.8 Å². The number of hydrogen-bond acceptors (Lipinski definition) is 1. The first kappa shape index (κ1) is 9.31. The second-order valence-electron chi connectivity index (χ2n) is 5.60. The van der Waals surface area contributed by atoms with E-state index in [1.165, 1.54) is 4.68 Å². The van der Waals surface area contributed by atoms with Crippen LogP contribution in [-0.4, -0.2) is 9.78 Å². The van der Waals surface area contributed by atoms with E-state index in [0.717, 1.165) is 5.56 Å². The molecule has 0 bridgehead atoms. The van der Waals surface area contributed by atoms with Crippen molar-refractivity contribution in [3.63, 3.8) is 0 Å². The van der Waals surface area contributed by atoms with E-state index in [0.29, 0.717) is 6.42 Å². The monoisotopic (exact) mass is 212 g/mol. The van der Waals surface area contributed by atoms with Gasteiger partial charge in [0.25, 0.3) is 5.92 Å². The second kappa shape index (κ2) is 2.25. The maximum atomic E-state index is 13.9. The summed E-state index contributed by atoms with van der Waals surface area (Å²) >= 11 is 0. The Hall–Kier alpha value is -0.930. The van der Waals surface area contributed by atoms with Crippen LogP contribution in [0.1, 0.15) is 44.4 Å². The first-order chi connectivity index (χ1) is 6.83. The molecule has 4 heteroatoms. The van der Waals surface area contributed by atoms with Crippen molar-refractivity contribution in [1.29, 1.82) is 0 Å². The number of aromatic nitrogens is 2. The lowest BCUT2D eigenvalue weighted by Crippen LogP contribution is -2.30. The molecule has 1 aromatic heterocycles. The maximum absolute atomic E-state index is 13.9. The van der Waals surface area contributed by atoms with E-state index in [4.69, 9.17) is 0 Å². The van der Waals surface area contributed by atoms with Gasteiger partial charge in [-0.25, -0.2) is 0 Å². The fourth-order valence-electron chi connectivity index (χ4n) is 2.59. The smallest absolute Gasteiger partial charge is 0.258 e. The van der Waals surface area contributed by atoms with Gasteiger partial charge in [-0.15, -0.1) is 0 Å². The van der Waals surface area contributed by atoms with Crippen molar-refractivity contribution in [3.05, 3.63) is 17.5 Å². The highest BCUT2D eigenvalue weighted by Gasteiger charge is 2.66. The summed E-state index contributed by atoms with van der Waals surface area (Å²) in [6.07, 6.45) is 2.27. The summed E-state index contributed by atoms with van der Waals surface area (Å²) in [5.74, 6) is -3.03. The Bertz CT molecular complexity index is 428. The Morgan fingerprint density at radius 3 is 2.73 bits per heavy atom. The summed E-state index contributed by atoms with van der Waals surface area (Å²) in [6, 6.07) is 0. The molecule has 2 aliphatic carbocycles. The van der Waals surface area contributed by atoms with E-state index in [9.17, 15) is 8.78 Å². The zero-order valence-electron chi connectivity index (χ0n) is 9.09. The van der Waals surface area contributed by atoms with Gasteiger partial charge in [-0.05, 0) is 33.1 Å². The quantitative estimate of drug-likeness (QED) is 0.646. The second-order valence-corrected chi connectivity index (χ2v) is 5.60. The molecule has 0 saturated heterocycles. The molecule has 1 fully saturated rings. The normalized spacial score (nSPS) is 31.3. The number of rotatable bonds is 0. The van der Waals surface area contributed by atoms with Gasteiger partial charge in [0.1, 0.15) is 5.69 Å². The molecule has 0 N–H and O–H groups in total. The molecule has 3 rings (SSSR count). The van der Waals surface area contributed by atoms with Crippen LogP contribution in [-0.2, 0) is 11.5 Å². The van der Waals surface area contributed by atoms with Crippen molar-refractivity contribution in [2.45, 2.75) is 44.6 Å². The minimum atomic E-state index is -2.66. The fraction of sp³-hybridized carbons (Fsp3) is 0.727. The highest BCUT2D eigenvalue weighted by Crippen LogP contribution is 2.67. The van der Waals surface area contributed by atoms with Gasteiger partial charge >= 0.3 is 0 Å². The third-order valence-electron chi connectivity index (χ3n) is 3.40. The average Bonchev–Trinajstić information content (AvgIpc) is 2.68. The summed E-state index contributed by atoms with van der Waals surface area (Å²) in [5.41, 5.74) is 0.574. The van der Waals surface area contributed by atoms with Gasteiger partial charge in [0.2, 0.25) is 0 Å². The molecule has 1 aromatic rings. The Morgan fingerprint density at radius 1 is 1.47 bits per heavy atom. The van der Waals surface area contributed by atoms with E-state index < -0.39 is 11.8 Å². The van der Waals surface area contributed by atoms with Crippen LogP contribution in [0, 0.1) is 5.92 Å². The zero-order chi connectivity index (χ0) is 11.0. The van der Waals surface area contributed by atoms with Crippen LogP contribution in [0.2, 0.25) is 0 Å². The molecule has 1 heterocycles. The molecule has 0 aliphatic heterocycles. The molecule has 0 unspecified atom stereocenters. The van der Waals surface area contributed by atoms with E-state index >= 15 is 0 Å². The van der Waals surface area contributed by atoms with E-state index in [-0.39, 0.29) is 17.2 Å². The molecule has 0 radical (unpaired) electrons. The molecule has 2 nitrogen and oxygen atoms in total. The van der Waals surface area contributed by atoms with Crippen LogP contribution in [0.5, 0.6) is 0 Å². The molecule has 1 saturated carbocycles.